The van der Waals surface area contributed by atoms with Gasteiger partial charge in [-0.25, -0.2) is 15.0 Å². The zero-order valence-corrected chi connectivity index (χ0v) is 23.8. The second kappa shape index (κ2) is 11.3. The second-order valence-electron chi connectivity index (χ2n) is 9.58. The maximum Gasteiger partial charge on any atom is 0.262 e. The summed E-state index contributed by atoms with van der Waals surface area (Å²) < 4.78 is 6.59. The summed E-state index contributed by atoms with van der Waals surface area (Å²) in [5.74, 6) is 0.913. The molecule has 1 aromatic carbocycles. The Kier molecular flexibility index (Phi) is 8.01. The molecule has 2 N–H and O–H groups in total. The minimum atomic E-state index is -0.207. The van der Waals surface area contributed by atoms with Crippen LogP contribution < -0.4 is 11.3 Å². The third-order valence-electron chi connectivity index (χ3n) is 7.52. The van der Waals surface area contributed by atoms with Crippen LogP contribution in [0, 0.1) is 5.41 Å². The van der Waals surface area contributed by atoms with Crippen molar-refractivity contribution in [2.24, 2.45) is 21.1 Å². The van der Waals surface area contributed by atoms with Crippen LogP contribution in [-0.4, -0.2) is 58.8 Å². The van der Waals surface area contributed by atoms with Crippen LogP contribution in [0.1, 0.15) is 36.4 Å². The first kappa shape index (κ1) is 27.0. The Bertz CT molecular complexity index is 1470. The number of nitrogens with two attached hydrogens (primary N) is 1. The van der Waals surface area contributed by atoms with E-state index in [1.54, 1.807) is 30.7 Å². The van der Waals surface area contributed by atoms with Gasteiger partial charge in [0, 0.05) is 30.0 Å². The van der Waals surface area contributed by atoms with E-state index < -0.39 is 0 Å². The number of piperidine rings is 1. The number of methoxy groups -OCH3 is 1. The van der Waals surface area contributed by atoms with Gasteiger partial charge in [0.05, 0.1) is 58.9 Å². The van der Waals surface area contributed by atoms with Gasteiger partial charge in [0.2, 0.25) is 0 Å². The molecule has 0 radical (unpaired) electrons. The quantitative estimate of drug-likeness (QED) is 0.252. The normalized spacial score (nSPS) is 19.4. The molecule has 200 valence electrons. The second-order valence-corrected chi connectivity index (χ2v) is 12.0. The van der Waals surface area contributed by atoms with E-state index in [-0.39, 0.29) is 17.0 Å². The Morgan fingerprint density at radius 3 is 2.89 bits per heavy atom. The third-order valence-corrected chi connectivity index (χ3v) is 9.88. The van der Waals surface area contributed by atoms with E-state index >= 15 is 0 Å². The van der Waals surface area contributed by atoms with Crippen molar-refractivity contribution in [1.82, 2.24) is 19.4 Å². The molecule has 3 heterocycles. The average molecular weight is 572 g/mol. The number of likely N-dealkylation sites (tertiary alicyclic amines) is 1. The molecule has 1 spiro atoms. The number of fused-ring (bicyclic) bond motifs is 2. The first-order valence-corrected chi connectivity index (χ1v) is 14.4. The number of aromatic nitrogens is 3. The number of benzene rings is 1. The van der Waals surface area contributed by atoms with E-state index in [4.69, 9.17) is 22.1 Å². The SMILES string of the molecule is C=N/C(=C\N=C(/C)N1CCC2(CC1)Cc1scnc1[C@H]2N)Sc1ccc2ncn(CCOC)c(=O)c2c1Cl. The number of nitrogens with zero attached hydrogens (tertiary/aromatic N) is 6. The van der Waals surface area contributed by atoms with Crippen molar-refractivity contribution in [2.45, 2.75) is 43.7 Å². The van der Waals surface area contributed by atoms with E-state index in [1.165, 1.54) is 27.5 Å². The van der Waals surface area contributed by atoms with E-state index in [0.29, 0.717) is 39.0 Å². The molecule has 1 saturated heterocycles. The highest BCUT2D eigenvalue weighted by Crippen LogP contribution is 2.51. The first-order chi connectivity index (χ1) is 18.4. The Hall–Kier alpha value is -2.57. The topological polar surface area (TPSA) is 111 Å². The van der Waals surface area contributed by atoms with Gasteiger partial charge >= 0.3 is 0 Å². The Morgan fingerprint density at radius 1 is 1.39 bits per heavy atom. The van der Waals surface area contributed by atoms with Crippen molar-refractivity contribution in [3.05, 3.63) is 61.1 Å². The Labute approximate surface area is 234 Å². The van der Waals surface area contributed by atoms with Gasteiger partial charge in [0.25, 0.3) is 5.56 Å². The van der Waals surface area contributed by atoms with Crippen molar-refractivity contribution < 1.29 is 4.74 Å². The fraction of sp³-hybridized carbons (Fsp3) is 0.423. The fourth-order valence-corrected chi connectivity index (χ4v) is 7.25. The maximum absolute atomic E-state index is 13.0. The van der Waals surface area contributed by atoms with Gasteiger partial charge in [0.15, 0.2) is 0 Å². The lowest BCUT2D eigenvalue weighted by Crippen LogP contribution is -2.45. The summed E-state index contributed by atoms with van der Waals surface area (Å²) in [7, 11) is 1.59. The van der Waals surface area contributed by atoms with Crippen LogP contribution in [0.15, 0.2) is 54.9 Å². The lowest BCUT2D eigenvalue weighted by Gasteiger charge is -2.42. The maximum atomic E-state index is 13.0. The zero-order chi connectivity index (χ0) is 26.9. The number of amidine groups is 1. The molecule has 0 unspecified atom stereocenters. The summed E-state index contributed by atoms with van der Waals surface area (Å²) >= 11 is 9.71. The number of aliphatic imine (C=N–C) groups is 2. The van der Waals surface area contributed by atoms with Gasteiger partial charge < -0.3 is 15.4 Å². The molecule has 1 atom stereocenters. The van der Waals surface area contributed by atoms with Crippen LogP contribution in [-0.2, 0) is 17.7 Å². The zero-order valence-electron chi connectivity index (χ0n) is 21.4. The summed E-state index contributed by atoms with van der Waals surface area (Å²) in [6, 6.07) is 3.63. The number of thioether (sulfide) groups is 1. The van der Waals surface area contributed by atoms with Crippen LogP contribution in [0.25, 0.3) is 10.9 Å². The minimum Gasteiger partial charge on any atom is -0.383 e. The molecule has 12 heteroatoms. The lowest BCUT2D eigenvalue weighted by molar-refractivity contribution is 0.126. The van der Waals surface area contributed by atoms with Gasteiger partial charge in [-0.1, -0.05) is 23.4 Å². The van der Waals surface area contributed by atoms with Crippen LogP contribution in [0.5, 0.6) is 0 Å². The molecule has 9 nitrogen and oxygen atoms in total. The molecule has 1 aliphatic carbocycles. The van der Waals surface area contributed by atoms with Crippen molar-refractivity contribution in [2.75, 3.05) is 26.8 Å². The summed E-state index contributed by atoms with van der Waals surface area (Å²) in [5.41, 5.74) is 10.1. The monoisotopic (exact) mass is 571 g/mol. The largest absolute Gasteiger partial charge is 0.383 e. The number of hydrogen-bond acceptors (Lipinski definition) is 9. The van der Waals surface area contributed by atoms with E-state index in [0.717, 1.165) is 43.9 Å². The highest BCUT2D eigenvalue weighted by Gasteiger charge is 2.47. The van der Waals surface area contributed by atoms with Crippen molar-refractivity contribution in [3.63, 3.8) is 0 Å². The molecular formula is C26H30ClN7O2S2. The number of halogens is 1. The standard InChI is InChI=1S/C26H30ClN7O2S2/c1-16(33-8-6-26(7-9-33)12-19-23(24(26)28)32-15-37-19)30-13-20(29-2)38-18-5-4-17-21(22(18)27)25(35)34(14-31-17)10-11-36-3/h4-5,13-15,24H,2,6-12,28H2,1,3H3/b20-13+,30-16+/t24-/m1/s1. The molecule has 1 fully saturated rings. The molecule has 2 aliphatic rings. The van der Waals surface area contributed by atoms with Crippen molar-refractivity contribution >= 4 is 58.2 Å². The summed E-state index contributed by atoms with van der Waals surface area (Å²) in [5, 5.41) is 1.29. The molecule has 2 aromatic heterocycles. The predicted molar refractivity (Wildman–Crippen MR) is 155 cm³/mol. The molecule has 0 saturated carbocycles. The fourth-order valence-electron chi connectivity index (χ4n) is 5.20. The Balaban J connectivity index is 1.29. The highest BCUT2D eigenvalue weighted by molar-refractivity contribution is 8.03. The van der Waals surface area contributed by atoms with Crippen LogP contribution in [0.3, 0.4) is 0 Å². The van der Waals surface area contributed by atoms with Gasteiger partial charge in [-0.05, 0) is 50.5 Å². The molecular weight excluding hydrogens is 542 g/mol. The van der Waals surface area contributed by atoms with Gasteiger partial charge in [-0.3, -0.25) is 14.4 Å². The minimum absolute atomic E-state index is 0.0157. The summed E-state index contributed by atoms with van der Waals surface area (Å²) in [6.07, 6.45) is 6.26. The summed E-state index contributed by atoms with van der Waals surface area (Å²) in [4.78, 5) is 35.0. The molecule has 3 aromatic rings. The number of rotatable bonds is 7. The number of thiazole rings is 1. The van der Waals surface area contributed by atoms with E-state index in [2.05, 4.69) is 31.6 Å². The van der Waals surface area contributed by atoms with Crippen LogP contribution >= 0.6 is 34.7 Å². The van der Waals surface area contributed by atoms with E-state index in [9.17, 15) is 4.79 Å². The number of ether oxygens (including phenoxy) is 1. The predicted octanol–water partition coefficient (Wildman–Crippen LogP) is 4.50. The molecule has 5 rings (SSSR count). The summed E-state index contributed by atoms with van der Waals surface area (Å²) in [6.45, 7) is 8.30. The smallest absolute Gasteiger partial charge is 0.262 e. The van der Waals surface area contributed by atoms with Gasteiger partial charge in [-0.2, -0.15) is 0 Å². The first-order valence-electron chi connectivity index (χ1n) is 12.4. The molecule has 1 aliphatic heterocycles. The molecule has 0 bridgehead atoms. The van der Waals surface area contributed by atoms with E-state index in [1.807, 2.05) is 18.5 Å². The highest BCUT2D eigenvalue weighted by atomic mass is 35.5. The van der Waals surface area contributed by atoms with Crippen molar-refractivity contribution in [1.29, 1.82) is 0 Å². The average Bonchev–Trinajstić information content (AvgIpc) is 3.48. The number of hydrogen-bond donors (Lipinski definition) is 1. The van der Waals surface area contributed by atoms with Crippen molar-refractivity contribution in [3.8, 4) is 0 Å². The van der Waals surface area contributed by atoms with Crippen LogP contribution in [0.4, 0.5) is 0 Å². The van der Waals surface area contributed by atoms with Gasteiger partial charge in [0.1, 0.15) is 10.9 Å². The Morgan fingerprint density at radius 2 is 2.18 bits per heavy atom. The van der Waals surface area contributed by atoms with Crippen LogP contribution in [0.2, 0.25) is 5.02 Å². The molecule has 38 heavy (non-hydrogen) atoms. The lowest BCUT2D eigenvalue weighted by atomic mass is 9.73. The van der Waals surface area contributed by atoms with Gasteiger partial charge in [-0.15, -0.1) is 11.3 Å². The molecule has 0 amide bonds. The third kappa shape index (κ3) is 5.05.